The van der Waals surface area contributed by atoms with E-state index in [0.29, 0.717) is 11.8 Å². The van der Waals surface area contributed by atoms with Crippen LogP contribution in [0.2, 0.25) is 13.1 Å². The van der Waals surface area contributed by atoms with E-state index in [9.17, 15) is 0 Å². The minimum Gasteiger partial charge on any atom is -0.300 e. The number of nitrogens with zero attached hydrogens (tertiary/aromatic N) is 4. The lowest BCUT2D eigenvalue weighted by atomic mass is 9.92. The smallest absolute Gasteiger partial charge is 0.144 e. The Morgan fingerprint density at radius 1 is 0.558 bits per heavy atom. The van der Waals surface area contributed by atoms with Gasteiger partial charge in [0.2, 0.25) is 0 Å². The van der Waals surface area contributed by atoms with Gasteiger partial charge in [0.05, 0.1) is 5.69 Å². The predicted octanol–water partition coefficient (Wildman–Crippen LogP) is 8.46. The van der Waals surface area contributed by atoms with E-state index in [4.69, 9.17) is 9.97 Å². The first-order valence-electron chi connectivity index (χ1n) is 15.2. The second kappa shape index (κ2) is 11.7. The van der Waals surface area contributed by atoms with Gasteiger partial charge < -0.3 is 0 Å². The molecule has 0 fully saturated rings. The Morgan fingerprint density at radius 2 is 1.05 bits per heavy atom. The van der Waals surface area contributed by atoms with Gasteiger partial charge in [-0.15, -0.1) is 0 Å². The number of hydrogen-bond acceptors (Lipinski definition) is 2. The van der Waals surface area contributed by atoms with Gasteiger partial charge >= 0.3 is 0 Å². The van der Waals surface area contributed by atoms with Crippen LogP contribution in [0.4, 0.5) is 0 Å². The fourth-order valence-corrected chi connectivity index (χ4v) is 8.45. The van der Waals surface area contributed by atoms with Gasteiger partial charge in [-0.2, -0.15) is 0 Å². The van der Waals surface area contributed by atoms with Crippen LogP contribution in [0.3, 0.4) is 0 Å². The van der Waals surface area contributed by atoms with Crippen molar-refractivity contribution in [3.8, 4) is 34.2 Å². The third-order valence-corrected chi connectivity index (χ3v) is 12.1. The van der Waals surface area contributed by atoms with Crippen molar-refractivity contribution >= 4 is 18.4 Å². The SMILES string of the molecule is CC(C)c1cccc(C(C)C)c1-n1ccnc1-c1cccc([Si](C)(C)c2cccc(-c3nccn3-c3ccccc3)c2)c1. The van der Waals surface area contributed by atoms with Crippen molar-refractivity contribution in [3.63, 3.8) is 0 Å². The van der Waals surface area contributed by atoms with Crippen LogP contribution < -0.4 is 10.4 Å². The van der Waals surface area contributed by atoms with Gasteiger partial charge in [-0.25, -0.2) is 9.97 Å². The molecule has 0 saturated heterocycles. The second-order valence-electron chi connectivity index (χ2n) is 12.5. The molecule has 6 aromatic rings. The van der Waals surface area contributed by atoms with Crippen LogP contribution in [0.5, 0.6) is 0 Å². The summed E-state index contributed by atoms with van der Waals surface area (Å²) in [5.74, 6) is 2.76. The summed E-state index contributed by atoms with van der Waals surface area (Å²) in [4.78, 5) is 9.66. The highest BCUT2D eigenvalue weighted by molar-refractivity contribution is 7.00. The van der Waals surface area contributed by atoms with E-state index < -0.39 is 8.07 Å². The number of para-hydroxylation sites is 2. The van der Waals surface area contributed by atoms with Crippen LogP contribution in [0, 0.1) is 0 Å². The van der Waals surface area contributed by atoms with E-state index >= 15 is 0 Å². The third kappa shape index (κ3) is 5.41. The molecule has 43 heavy (non-hydrogen) atoms. The van der Waals surface area contributed by atoms with Gasteiger partial charge in [0.15, 0.2) is 0 Å². The summed E-state index contributed by atoms with van der Waals surface area (Å²) >= 11 is 0. The van der Waals surface area contributed by atoms with Crippen molar-refractivity contribution in [1.29, 1.82) is 0 Å². The Bertz CT molecular complexity index is 1830. The third-order valence-electron chi connectivity index (χ3n) is 8.58. The fraction of sp³-hybridized carbons (Fsp3) is 0.211. The maximum Gasteiger partial charge on any atom is 0.144 e. The maximum atomic E-state index is 4.91. The minimum absolute atomic E-state index is 0.409. The summed E-state index contributed by atoms with van der Waals surface area (Å²) in [6, 6.07) is 35.2. The van der Waals surface area contributed by atoms with Crippen molar-refractivity contribution in [1.82, 2.24) is 19.1 Å². The van der Waals surface area contributed by atoms with E-state index in [1.165, 1.54) is 27.2 Å². The summed E-state index contributed by atoms with van der Waals surface area (Å²) in [6.45, 7) is 14.0. The zero-order valence-corrected chi connectivity index (χ0v) is 27.0. The minimum atomic E-state index is -2.07. The Morgan fingerprint density at radius 3 is 1.58 bits per heavy atom. The Hall–Kier alpha value is -4.48. The largest absolute Gasteiger partial charge is 0.300 e. The molecule has 0 aliphatic carbocycles. The van der Waals surface area contributed by atoms with E-state index in [1.54, 1.807) is 0 Å². The molecule has 0 bridgehead atoms. The molecule has 4 aromatic carbocycles. The average Bonchev–Trinajstić information content (AvgIpc) is 3.72. The number of hydrogen-bond donors (Lipinski definition) is 0. The highest BCUT2D eigenvalue weighted by Gasteiger charge is 2.28. The summed E-state index contributed by atoms with van der Waals surface area (Å²) in [5, 5.41) is 2.75. The van der Waals surface area contributed by atoms with E-state index in [0.717, 1.165) is 28.5 Å². The fourth-order valence-electron chi connectivity index (χ4n) is 6.06. The number of rotatable bonds is 8. The van der Waals surface area contributed by atoms with Gasteiger partial charge in [0.25, 0.3) is 0 Å². The molecule has 0 spiro atoms. The van der Waals surface area contributed by atoms with Crippen molar-refractivity contribution < 1.29 is 0 Å². The molecule has 0 aliphatic heterocycles. The molecule has 6 rings (SSSR count). The molecule has 0 N–H and O–H groups in total. The van der Waals surface area contributed by atoms with E-state index in [1.807, 2.05) is 24.7 Å². The van der Waals surface area contributed by atoms with Gasteiger partial charge in [-0.05, 0) is 35.1 Å². The number of aromatic nitrogens is 4. The van der Waals surface area contributed by atoms with E-state index in [-0.39, 0.29) is 0 Å². The molecule has 2 aromatic heterocycles. The van der Waals surface area contributed by atoms with Crippen LogP contribution in [0.25, 0.3) is 34.2 Å². The molecular formula is C38H40N4Si. The molecule has 0 radical (unpaired) electrons. The van der Waals surface area contributed by atoms with Crippen LogP contribution in [0.15, 0.2) is 122 Å². The van der Waals surface area contributed by atoms with Crippen molar-refractivity contribution in [3.05, 3.63) is 133 Å². The molecule has 0 unspecified atom stereocenters. The second-order valence-corrected chi connectivity index (χ2v) is 16.9. The highest BCUT2D eigenvalue weighted by atomic mass is 28.3. The molecule has 0 aliphatic rings. The molecule has 2 heterocycles. The molecule has 0 atom stereocenters. The van der Waals surface area contributed by atoms with Crippen LogP contribution in [0.1, 0.15) is 50.7 Å². The molecule has 216 valence electrons. The quantitative estimate of drug-likeness (QED) is 0.169. The monoisotopic (exact) mass is 580 g/mol. The summed E-state index contributed by atoms with van der Waals surface area (Å²) < 4.78 is 4.47. The van der Waals surface area contributed by atoms with Crippen molar-refractivity contribution in [2.45, 2.75) is 52.6 Å². The normalized spacial score (nSPS) is 11.9. The van der Waals surface area contributed by atoms with Crippen molar-refractivity contribution in [2.75, 3.05) is 0 Å². The van der Waals surface area contributed by atoms with Crippen LogP contribution >= 0.6 is 0 Å². The summed E-state index contributed by atoms with van der Waals surface area (Å²) in [6.07, 6.45) is 7.97. The highest BCUT2D eigenvalue weighted by Crippen LogP contribution is 2.34. The predicted molar refractivity (Wildman–Crippen MR) is 183 cm³/mol. The first-order chi connectivity index (χ1) is 20.8. The standard InChI is InChI=1S/C38H40N4Si/c1-27(2)34-19-12-20-35(28(3)4)36(34)42-24-22-40-38(42)30-14-11-18-33(26-30)43(5,6)32-17-10-13-29(25-32)37-39-21-23-41(37)31-15-8-7-9-16-31/h7-28H,1-6H3. The Labute approximate surface area is 256 Å². The first kappa shape index (κ1) is 28.6. The lowest BCUT2D eigenvalue weighted by Gasteiger charge is -2.25. The molecular weight excluding hydrogens is 541 g/mol. The van der Waals surface area contributed by atoms with Crippen LogP contribution in [-0.2, 0) is 0 Å². The van der Waals surface area contributed by atoms with Crippen molar-refractivity contribution in [2.24, 2.45) is 0 Å². The Balaban J connectivity index is 1.40. The topological polar surface area (TPSA) is 35.6 Å². The lowest BCUT2D eigenvalue weighted by Crippen LogP contribution is -2.52. The summed E-state index contributed by atoms with van der Waals surface area (Å²) in [5.41, 5.74) is 7.35. The van der Waals surface area contributed by atoms with Gasteiger partial charge in [-0.1, -0.05) is 136 Å². The maximum absolute atomic E-state index is 4.91. The molecule has 4 nitrogen and oxygen atoms in total. The first-order valence-corrected chi connectivity index (χ1v) is 18.2. The van der Waals surface area contributed by atoms with E-state index in [2.05, 4.69) is 147 Å². The van der Waals surface area contributed by atoms with Gasteiger partial charge in [0.1, 0.15) is 19.7 Å². The lowest BCUT2D eigenvalue weighted by molar-refractivity contribution is 0.807. The van der Waals surface area contributed by atoms with Crippen LogP contribution in [-0.4, -0.2) is 27.2 Å². The molecule has 5 heteroatoms. The molecule has 0 amide bonds. The number of imidazole rings is 2. The number of benzene rings is 4. The average molecular weight is 581 g/mol. The zero-order valence-electron chi connectivity index (χ0n) is 26.0. The van der Waals surface area contributed by atoms with Gasteiger partial charge in [0, 0.05) is 41.6 Å². The summed E-state index contributed by atoms with van der Waals surface area (Å²) in [7, 11) is -2.07. The molecule has 0 saturated carbocycles. The zero-order chi connectivity index (χ0) is 30.1. The Kier molecular flexibility index (Phi) is 7.76. The van der Waals surface area contributed by atoms with Gasteiger partial charge in [-0.3, -0.25) is 9.13 Å².